The van der Waals surface area contributed by atoms with E-state index in [-0.39, 0.29) is 12.2 Å². The minimum Gasteiger partial charge on any atom is -0.491 e. The summed E-state index contributed by atoms with van der Waals surface area (Å²) < 4.78 is 11.4. The van der Waals surface area contributed by atoms with Crippen LogP contribution in [-0.4, -0.2) is 36.9 Å². The molecule has 2 heterocycles. The second kappa shape index (κ2) is 5.27. The molecule has 2 unspecified atom stereocenters. The molecule has 2 atom stereocenters. The summed E-state index contributed by atoms with van der Waals surface area (Å²) in [5.41, 5.74) is 0.966. The van der Waals surface area contributed by atoms with Crippen LogP contribution in [0.4, 0.5) is 0 Å². The largest absolute Gasteiger partial charge is 0.491 e. The predicted octanol–water partition coefficient (Wildman–Crippen LogP) is 1.15. The van der Waals surface area contributed by atoms with Gasteiger partial charge in [0.05, 0.1) is 6.10 Å². The minimum atomic E-state index is 0.136. The Morgan fingerprint density at radius 2 is 2.44 bits per heavy atom. The molecule has 88 valence electrons. The highest BCUT2D eigenvalue weighted by Gasteiger charge is 2.19. The molecule has 1 aliphatic rings. The van der Waals surface area contributed by atoms with E-state index in [1.165, 1.54) is 0 Å². The summed E-state index contributed by atoms with van der Waals surface area (Å²) in [6, 6.07) is 3.80. The van der Waals surface area contributed by atoms with Crippen molar-refractivity contribution in [2.45, 2.75) is 26.1 Å². The van der Waals surface area contributed by atoms with Crippen LogP contribution in [-0.2, 0) is 4.74 Å². The van der Waals surface area contributed by atoms with Crippen LogP contribution < -0.4 is 10.1 Å². The first-order valence-corrected chi connectivity index (χ1v) is 5.65. The maximum absolute atomic E-state index is 5.74. The van der Waals surface area contributed by atoms with E-state index in [1.807, 2.05) is 19.1 Å². The predicted molar refractivity (Wildman–Crippen MR) is 61.7 cm³/mol. The zero-order valence-electron chi connectivity index (χ0n) is 9.77. The number of hydrogen-bond acceptors (Lipinski definition) is 4. The Morgan fingerprint density at radius 1 is 1.56 bits per heavy atom. The molecule has 0 bridgehead atoms. The molecule has 1 aromatic heterocycles. The van der Waals surface area contributed by atoms with Gasteiger partial charge in [0.25, 0.3) is 0 Å². The highest BCUT2D eigenvalue weighted by molar-refractivity contribution is 5.21. The molecule has 2 rings (SSSR count). The summed E-state index contributed by atoms with van der Waals surface area (Å²) in [7, 11) is 0. The fraction of sp³-hybridized carbons (Fsp3) is 0.583. The number of morpholine rings is 1. The Hall–Kier alpha value is -1.13. The molecule has 1 N–H and O–H groups in total. The second-order valence-corrected chi connectivity index (χ2v) is 4.17. The van der Waals surface area contributed by atoms with Crippen LogP contribution in [0.3, 0.4) is 0 Å². The summed E-state index contributed by atoms with van der Waals surface area (Å²) in [5.74, 6) is 0.856. The molecule has 0 aliphatic carbocycles. The third-order valence-electron chi connectivity index (χ3n) is 2.53. The van der Waals surface area contributed by atoms with E-state index in [0.29, 0.717) is 6.61 Å². The van der Waals surface area contributed by atoms with E-state index in [9.17, 15) is 0 Å². The first-order valence-electron chi connectivity index (χ1n) is 5.65. The number of nitrogens with one attached hydrogen (secondary N) is 1. The van der Waals surface area contributed by atoms with Gasteiger partial charge in [0.2, 0.25) is 0 Å². The second-order valence-electron chi connectivity index (χ2n) is 4.17. The molecule has 4 heteroatoms. The van der Waals surface area contributed by atoms with Gasteiger partial charge in [-0.15, -0.1) is 0 Å². The number of aromatic nitrogens is 1. The van der Waals surface area contributed by atoms with Crippen molar-refractivity contribution in [1.82, 2.24) is 10.3 Å². The van der Waals surface area contributed by atoms with Crippen molar-refractivity contribution in [1.29, 1.82) is 0 Å². The van der Waals surface area contributed by atoms with Gasteiger partial charge in [0, 0.05) is 31.0 Å². The SMILES string of the molecule is Cc1cc(OCC2CNCC(C)O2)ccn1. The lowest BCUT2D eigenvalue weighted by Crippen LogP contribution is -2.45. The van der Waals surface area contributed by atoms with E-state index in [0.717, 1.165) is 24.5 Å². The van der Waals surface area contributed by atoms with Crippen molar-refractivity contribution in [3.05, 3.63) is 24.0 Å². The molecule has 4 nitrogen and oxygen atoms in total. The number of pyridine rings is 1. The quantitative estimate of drug-likeness (QED) is 0.833. The fourth-order valence-corrected chi connectivity index (χ4v) is 1.77. The molecule has 1 aromatic rings. The number of hydrogen-bond donors (Lipinski definition) is 1. The van der Waals surface area contributed by atoms with Crippen LogP contribution in [0, 0.1) is 6.92 Å². The van der Waals surface area contributed by atoms with Crippen LogP contribution in [0.2, 0.25) is 0 Å². The topological polar surface area (TPSA) is 43.4 Å². The Bertz CT molecular complexity index is 344. The van der Waals surface area contributed by atoms with Gasteiger partial charge in [0.1, 0.15) is 18.5 Å². The Kier molecular flexibility index (Phi) is 3.74. The number of nitrogens with zero attached hydrogens (tertiary/aromatic N) is 1. The van der Waals surface area contributed by atoms with Gasteiger partial charge in [-0.1, -0.05) is 0 Å². The molecule has 0 amide bonds. The summed E-state index contributed by atoms with van der Waals surface area (Å²) in [4.78, 5) is 4.12. The van der Waals surface area contributed by atoms with E-state index in [2.05, 4.69) is 17.2 Å². The van der Waals surface area contributed by atoms with E-state index in [1.54, 1.807) is 6.20 Å². The van der Waals surface area contributed by atoms with Crippen LogP contribution in [0.1, 0.15) is 12.6 Å². The lowest BCUT2D eigenvalue weighted by Gasteiger charge is -2.28. The monoisotopic (exact) mass is 222 g/mol. The molecular weight excluding hydrogens is 204 g/mol. The standard InChI is InChI=1S/C12H18N2O2/c1-9-5-11(3-4-14-9)15-8-12-7-13-6-10(2)16-12/h3-5,10,12-13H,6-8H2,1-2H3. The van der Waals surface area contributed by atoms with Crippen molar-refractivity contribution in [3.63, 3.8) is 0 Å². The zero-order valence-corrected chi connectivity index (χ0v) is 9.77. The van der Waals surface area contributed by atoms with Crippen molar-refractivity contribution in [3.8, 4) is 5.75 Å². The van der Waals surface area contributed by atoms with Gasteiger partial charge >= 0.3 is 0 Å². The molecule has 0 spiro atoms. The Morgan fingerprint density at radius 3 is 3.19 bits per heavy atom. The lowest BCUT2D eigenvalue weighted by atomic mass is 10.2. The van der Waals surface area contributed by atoms with Crippen molar-refractivity contribution >= 4 is 0 Å². The highest BCUT2D eigenvalue weighted by atomic mass is 16.5. The lowest BCUT2D eigenvalue weighted by molar-refractivity contribution is -0.0470. The Labute approximate surface area is 96.0 Å². The first-order chi connectivity index (χ1) is 7.74. The van der Waals surface area contributed by atoms with Crippen molar-refractivity contribution in [2.75, 3.05) is 19.7 Å². The van der Waals surface area contributed by atoms with Gasteiger partial charge in [0.15, 0.2) is 0 Å². The van der Waals surface area contributed by atoms with E-state index >= 15 is 0 Å². The third kappa shape index (κ3) is 3.18. The van der Waals surface area contributed by atoms with Gasteiger partial charge in [-0.3, -0.25) is 4.98 Å². The number of rotatable bonds is 3. The van der Waals surface area contributed by atoms with Crippen LogP contribution in [0.5, 0.6) is 5.75 Å². The normalized spacial score (nSPS) is 25.4. The fourth-order valence-electron chi connectivity index (χ4n) is 1.77. The smallest absolute Gasteiger partial charge is 0.122 e. The number of aryl methyl sites for hydroxylation is 1. The summed E-state index contributed by atoms with van der Waals surface area (Å²) >= 11 is 0. The molecule has 1 fully saturated rings. The van der Waals surface area contributed by atoms with Gasteiger partial charge in [-0.25, -0.2) is 0 Å². The van der Waals surface area contributed by atoms with Crippen molar-refractivity contribution in [2.24, 2.45) is 0 Å². The minimum absolute atomic E-state index is 0.136. The average molecular weight is 222 g/mol. The van der Waals surface area contributed by atoms with E-state index in [4.69, 9.17) is 9.47 Å². The molecule has 1 saturated heterocycles. The summed E-state index contributed by atoms with van der Waals surface area (Å²) in [5, 5.41) is 3.31. The molecule has 0 saturated carbocycles. The third-order valence-corrected chi connectivity index (χ3v) is 2.53. The van der Waals surface area contributed by atoms with Crippen molar-refractivity contribution < 1.29 is 9.47 Å². The summed E-state index contributed by atoms with van der Waals surface area (Å²) in [6.45, 7) is 6.38. The van der Waals surface area contributed by atoms with Crippen LogP contribution in [0.25, 0.3) is 0 Å². The van der Waals surface area contributed by atoms with Crippen LogP contribution in [0.15, 0.2) is 18.3 Å². The molecular formula is C12H18N2O2. The van der Waals surface area contributed by atoms with E-state index < -0.39 is 0 Å². The molecule has 1 aliphatic heterocycles. The van der Waals surface area contributed by atoms with Gasteiger partial charge in [-0.2, -0.15) is 0 Å². The maximum Gasteiger partial charge on any atom is 0.122 e. The molecule has 0 aromatic carbocycles. The van der Waals surface area contributed by atoms with Crippen LogP contribution >= 0.6 is 0 Å². The molecule has 16 heavy (non-hydrogen) atoms. The first kappa shape index (κ1) is 11.4. The van der Waals surface area contributed by atoms with Gasteiger partial charge in [-0.05, 0) is 19.9 Å². The summed E-state index contributed by atoms with van der Waals surface area (Å²) in [6.07, 6.45) is 2.16. The Balaban J connectivity index is 1.82. The number of ether oxygens (including phenoxy) is 2. The highest BCUT2D eigenvalue weighted by Crippen LogP contribution is 2.12. The molecule has 0 radical (unpaired) electrons. The van der Waals surface area contributed by atoms with Gasteiger partial charge < -0.3 is 14.8 Å². The maximum atomic E-state index is 5.74. The average Bonchev–Trinajstić information content (AvgIpc) is 2.27. The zero-order chi connectivity index (χ0) is 11.4.